The molecule has 2 rings (SSSR count). The first-order chi connectivity index (χ1) is 8.11. The Bertz CT molecular complexity index is 579. The zero-order valence-corrected chi connectivity index (χ0v) is 8.58. The molecule has 0 amide bonds. The minimum Gasteiger partial charge on any atom is -0.298 e. The number of hydrogen-bond donors (Lipinski definition) is 0. The summed E-state index contributed by atoms with van der Waals surface area (Å²) < 4.78 is 39.2. The third kappa shape index (κ3) is 2.20. The van der Waals surface area contributed by atoms with E-state index in [1.54, 1.807) is 0 Å². The summed E-state index contributed by atoms with van der Waals surface area (Å²) in [4.78, 5) is 10.6. The molecular formula is C13H7F3O. The first-order valence-corrected chi connectivity index (χ1v) is 4.82. The van der Waals surface area contributed by atoms with E-state index in [1.165, 1.54) is 18.2 Å². The van der Waals surface area contributed by atoms with Gasteiger partial charge in [-0.15, -0.1) is 0 Å². The van der Waals surface area contributed by atoms with E-state index in [2.05, 4.69) is 0 Å². The normalized spacial score (nSPS) is 10.3. The van der Waals surface area contributed by atoms with E-state index in [0.717, 1.165) is 18.2 Å². The summed E-state index contributed by atoms with van der Waals surface area (Å²) in [6.45, 7) is 0. The molecule has 0 spiro atoms. The quantitative estimate of drug-likeness (QED) is 0.728. The molecule has 0 fully saturated rings. The predicted molar refractivity (Wildman–Crippen MR) is 57.1 cm³/mol. The fraction of sp³-hybridized carbons (Fsp3) is 0. The van der Waals surface area contributed by atoms with Gasteiger partial charge in [-0.25, -0.2) is 13.2 Å². The number of rotatable bonds is 2. The summed E-state index contributed by atoms with van der Waals surface area (Å²) in [6.07, 6.45) is 0.558. The van der Waals surface area contributed by atoms with E-state index in [0.29, 0.717) is 6.29 Å². The first-order valence-electron chi connectivity index (χ1n) is 4.82. The highest BCUT2D eigenvalue weighted by atomic mass is 19.2. The Kier molecular flexibility index (Phi) is 2.95. The number of carbonyl (C=O) groups is 1. The van der Waals surface area contributed by atoms with E-state index in [4.69, 9.17) is 0 Å². The van der Waals surface area contributed by atoms with Gasteiger partial charge >= 0.3 is 0 Å². The lowest BCUT2D eigenvalue weighted by atomic mass is 10.0. The van der Waals surface area contributed by atoms with Gasteiger partial charge in [-0.05, 0) is 35.9 Å². The van der Waals surface area contributed by atoms with Crippen LogP contribution in [0, 0.1) is 17.5 Å². The maximum Gasteiger partial charge on any atom is 0.159 e. The number of aldehydes is 1. The zero-order chi connectivity index (χ0) is 12.4. The molecule has 0 saturated heterocycles. The van der Waals surface area contributed by atoms with Gasteiger partial charge in [-0.2, -0.15) is 0 Å². The summed E-state index contributed by atoms with van der Waals surface area (Å²) in [5.41, 5.74) is 0.518. The summed E-state index contributed by atoms with van der Waals surface area (Å²) in [5.74, 6) is -2.65. The summed E-state index contributed by atoms with van der Waals surface area (Å²) >= 11 is 0. The fourth-order valence-corrected chi connectivity index (χ4v) is 1.50. The van der Waals surface area contributed by atoms with Gasteiger partial charge in [0.15, 0.2) is 11.6 Å². The molecule has 4 heteroatoms. The van der Waals surface area contributed by atoms with Crippen molar-refractivity contribution in [3.05, 3.63) is 59.4 Å². The smallest absolute Gasteiger partial charge is 0.159 e. The molecule has 0 saturated carbocycles. The van der Waals surface area contributed by atoms with Crippen molar-refractivity contribution >= 4 is 6.29 Å². The average molecular weight is 236 g/mol. The predicted octanol–water partition coefficient (Wildman–Crippen LogP) is 3.58. The molecule has 0 bridgehead atoms. The Morgan fingerprint density at radius 1 is 0.824 bits per heavy atom. The number of carbonyl (C=O) groups excluding carboxylic acids is 1. The van der Waals surface area contributed by atoms with E-state index in [1.807, 2.05) is 0 Å². The maximum atomic E-state index is 13.5. The van der Waals surface area contributed by atoms with Crippen molar-refractivity contribution in [2.45, 2.75) is 0 Å². The minimum atomic E-state index is -1.06. The second-order valence-electron chi connectivity index (χ2n) is 3.49. The third-order valence-electron chi connectivity index (χ3n) is 2.36. The molecule has 0 unspecified atom stereocenters. The molecule has 2 aromatic rings. The van der Waals surface area contributed by atoms with E-state index >= 15 is 0 Å². The molecule has 0 radical (unpaired) electrons. The van der Waals surface area contributed by atoms with E-state index in [-0.39, 0.29) is 16.7 Å². The summed E-state index contributed by atoms with van der Waals surface area (Å²) in [5, 5.41) is 0. The van der Waals surface area contributed by atoms with Gasteiger partial charge < -0.3 is 0 Å². The average Bonchev–Trinajstić information content (AvgIpc) is 2.33. The molecule has 1 nitrogen and oxygen atoms in total. The van der Waals surface area contributed by atoms with Gasteiger partial charge in [0, 0.05) is 11.1 Å². The lowest BCUT2D eigenvalue weighted by Gasteiger charge is -2.05. The lowest BCUT2D eigenvalue weighted by Crippen LogP contribution is -1.90. The van der Waals surface area contributed by atoms with Crippen LogP contribution in [0.15, 0.2) is 36.4 Å². The van der Waals surface area contributed by atoms with E-state index in [9.17, 15) is 18.0 Å². The van der Waals surface area contributed by atoms with Crippen LogP contribution >= 0.6 is 0 Å². The van der Waals surface area contributed by atoms with Gasteiger partial charge in [0.05, 0.1) is 0 Å². The molecular weight excluding hydrogens is 229 g/mol. The van der Waals surface area contributed by atoms with Crippen LogP contribution in [-0.2, 0) is 0 Å². The summed E-state index contributed by atoms with van der Waals surface area (Å²) in [7, 11) is 0. The Hall–Kier alpha value is -2.10. The molecule has 0 N–H and O–H groups in total. The van der Waals surface area contributed by atoms with Crippen molar-refractivity contribution in [1.29, 1.82) is 0 Å². The lowest BCUT2D eigenvalue weighted by molar-refractivity contribution is 0.112. The largest absolute Gasteiger partial charge is 0.298 e. The molecule has 0 heterocycles. The van der Waals surface area contributed by atoms with Gasteiger partial charge in [-0.3, -0.25) is 4.79 Å². The molecule has 17 heavy (non-hydrogen) atoms. The highest BCUT2D eigenvalue weighted by Gasteiger charge is 2.09. The Balaban J connectivity index is 2.58. The number of halogens is 3. The van der Waals surface area contributed by atoms with Crippen molar-refractivity contribution in [1.82, 2.24) is 0 Å². The fourth-order valence-electron chi connectivity index (χ4n) is 1.50. The molecule has 0 atom stereocenters. The Morgan fingerprint density at radius 3 is 2.18 bits per heavy atom. The summed E-state index contributed by atoms with van der Waals surface area (Å²) in [6, 6.07) is 6.77. The highest BCUT2D eigenvalue weighted by molar-refractivity contribution is 5.79. The van der Waals surface area contributed by atoms with Crippen LogP contribution in [0.1, 0.15) is 10.4 Å². The van der Waals surface area contributed by atoms with Crippen LogP contribution in [0.5, 0.6) is 0 Å². The van der Waals surface area contributed by atoms with Crippen LogP contribution in [-0.4, -0.2) is 6.29 Å². The zero-order valence-electron chi connectivity index (χ0n) is 8.58. The van der Waals surface area contributed by atoms with Gasteiger partial charge in [-0.1, -0.05) is 6.07 Å². The van der Waals surface area contributed by atoms with Gasteiger partial charge in [0.25, 0.3) is 0 Å². The monoisotopic (exact) mass is 236 g/mol. The van der Waals surface area contributed by atoms with Crippen LogP contribution in [0.2, 0.25) is 0 Å². The topological polar surface area (TPSA) is 17.1 Å². The molecule has 0 aliphatic heterocycles. The Morgan fingerprint density at radius 2 is 1.53 bits per heavy atom. The van der Waals surface area contributed by atoms with Gasteiger partial charge in [0.1, 0.15) is 12.1 Å². The molecule has 2 aromatic carbocycles. The van der Waals surface area contributed by atoms with Crippen molar-refractivity contribution in [2.24, 2.45) is 0 Å². The minimum absolute atomic E-state index is 0.0634. The maximum absolute atomic E-state index is 13.5. The molecule has 86 valence electrons. The van der Waals surface area contributed by atoms with Crippen LogP contribution in [0.4, 0.5) is 13.2 Å². The SMILES string of the molecule is O=Cc1ccc(F)c(-c2ccc(F)c(F)c2)c1. The second kappa shape index (κ2) is 4.41. The van der Waals surface area contributed by atoms with E-state index < -0.39 is 17.5 Å². The number of hydrogen-bond acceptors (Lipinski definition) is 1. The third-order valence-corrected chi connectivity index (χ3v) is 2.36. The van der Waals surface area contributed by atoms with Crippen molar-refractivity contribution in [2.75, 3.05) is 0 Å². The van der Waals surface area contributed by atoms with Crippen molar-refractivity contribution < 1.29 is 18.0 Å². The highest BCUT2D eigenvalue weighted by Crippen LogP contribution is 2.25. The van der Waals surface area contributed by atoms with Crippen molar-refractivity contribution in [3.63, 3.8) is 0 Å². The molecule has 0 aliphatic rings. The number of benzene rings is 2. The molecule has 0 aliphatic carbocycles. The van der Waals surface area contributed by atoms with Gasteiger partial charge in [0.2, 0.25) is 0 Å². The first kappa shape index (κ1) is 11.4. The van der Waals surface area contributed by atoms with Crippen molar-refractivity contribution in [3.8, 4) is 11.1 Å². The van der Waals surface area contributed by atoms with Crippen LogP contribution in [0.25, 0.3) is 11.1 Å². The van der Waals surface area contributed by atoms with Crippen LogP contribution in [0.3, 0.4) is 0 Å². The Labute approximate surface area is 95.5 Å². The molecule has 0 aromatic heterocycles. The van der Waals surface area contributed by atoms with Crippen LogP contribution < -0.4 is 0 Å². The standard InChI is InChI=1S/C13H7F3O/c14-11-3-1-8(7-17)5-10(11)9-2-4-12(15)13(16)6-9/h1-7H. The second-order valence-corrected chi connectivity index (χ2v) is 3.49.